The Morgan fingerprint density at radius 2 is 1.90 bits per heavy atom. The summed E-state index contributed by atoms with van der Waals surface area (Å²) in [5, 5.41) is 8.79. The van der Waals surface area contributed by atoms with Crippen LogP contribution in [0, 0.1) is 39.7 Å². The SMILES string of the molecule is N#Cc1cnc(OCC23CC(C(=O)N4[C@@H]5C[C@@H]5C[C@H]4c4cc(F)cc(F)c4)(C2)C3)cn1. The van der Waals surface area contributed by atoms with E-state index in [1.807, 2.05) is 11.0 Å². The predicted molar refractivity (Wildman–Crippen MR) is 103 cm³/mol. The van der Waals surface area contributed by atoms with Gasteiger partial charge in [0.05, 0.1) is 30.5 Å². The molecule has 0 spiro atoms. The van der Waals surface area contributed by atoms with E-state index in [0.717, 1.165) is 38.2 Å². The number of likely N-dealkylation sites (tertiary alicyclic amines) is 1. The van der Waals surface area contributed by atoms with E-state index in [9.17, 15) is 13.6 Å². The molecule has 0 unspecified atom stereocenters. The van der Waals surface area contributed by atoms with Gasteiger partial charge in [0.15, 0.2) is 5.69 Å². The summed E-state index contributed by atoms with van der Waals surface area (Å²) < 4.78 is 33.3. The molecule has 7 rings (SSSR count). The van der Waals surface area contributed by atoms with Gasteiger partial charge in [-0.15, -0.1) is 0 Å². The van der Waals surface area contributed by atoms with Gasteiger partial charge >= 0.3 is 0 Å². The molecule has 1 aliphatic heterocycles. The van der Waals surface area contributed by atoms with E-state index in [1.54, 1.807) is 0 Å². The fraction of sp³-hybridized carbons (Fsp3) is 0.478. The number of hydrogen-bond acceptors (Lipinski definition) is 5. The predicted octanol–water partition coefficient (Wildman–Crippen LogP) is 3.54. The summed E-state index contributed by atoms with van der Waals surface area (Å²) in [6, 6.07) is 5.47. The van der Waals surface area contributed by atoms with E-state index in [1.165, 1.54) is 24.5 Å². The highest BCUT2D eigenvalue weighted by Crippen LogP contribution is 2.75. The van der Waals surface area contributed by atoms with E-state index in [0.29, 0.717) is 24.0 Å². The van der Waals surface area contributed by atoms with Gasteiger partial charge in [0.2, 0.25) is 11.8 Å². The van der Waals surface area contributed by atoms with Crippen LogP contribution in [0.4, 0.5) is 8.78 Å². The molecule has 8 heteroatoms. The summed E-state index contributed by atoms with van der Waals surface area (Å²) in [5.74, 6) is -0.254. The Morgan fingerprint density at radius 3 is 2.55 bits per heavy atom. The molecule has 1 aromatic carbocycles. The first-order chi connectivity index (χ1) is 14.9. The average molecular weight is 422 g/mol. The quantitative estimate of drug-likeness (QED) is 0.737. The minimum atomic E-state index is -0.601. The van der Waals surface area contributed by atoms with Crippen molar-refractivity contribution in [3.8, 4) is 11.9 Å². The number of rotatable bonds is 5. The van der Waals surface area contributed by atoms with Crippen LogP contribution in [0.2, 0.25) is 0 Å². The Morgan fingerprint density at radius 1 is 1.16 bits per heavy atom. The molecule has 1 saturated heterocycles. The maximum absolute atomic E-state index is 13.8. The lowest BCUT2D eigenvalue weighted by Crippen LogP contribution is -2.70. The van der Waals surface area contributed by atoms with Gasteiger partial charge in [0.25, 0.3) is 0 Å². The zero-order valence-corrected chi connectivity index (χ0v) is 16.7. The minimum Gasteiger partial charge on any atom is -0.476 e. The Labute approximate surface area is 177 Å². The molecule has 1 amide bonds. The zero-order valence-electron chi connectivity index (χ0n) is 16.7. The minimum absolute atomic E-state index is 0.0195. The Bertz CT molecular complexity index is 1090. The van der Waals surface area contributed by atoms with Crippen LogP contribution in [0.15, 0.2) is 30.6 Å². The van der Waals surface area contributed by atoms with Crippen molar-refractivity contribution in [3.63, 3.8) is 0 Å². The lowest BCUT2D eigenvalue weighted by atomic mass is 9.35. The molecule has 1 aromatic heterocycles. The zero-order chi connectivity index (χ0) is 21.4. The summed E-state index contributed by atoms with van der Waals surface area (Å²) >= 11 is 0. The van der Waals surface area contributed by atoms with Crippen molar-refractivity contribution in [2.24, 2.45) is 16.7 Å². The normalized spacial score (nSPS) is 34.2. The second kappa shape index (κ2) is 6.22. The number of carbonyl (C=O) groups is 1. The molecule has 31 heavy (non-hydrogen) atoms. The van der Waals surface area contributed by atoms with Crippen LogP contribution in [0.1, 0.15) is 49.4 Å². The second-order valence-corrected chi connectivity index (χ2v) is 9.68. The van der Waals surface area contributed by atoms with Gasteiger partial charge in [-0.3, -0.25) is 4.79 Å². The molecule has 0 radical (unpaired) electrons. The van der Waals surface area contributed by atoms with Crippen LogP contribution in [-0.2, 0) is 4.79 Å². The van der Waals surface area contributed by atoms with Crippen LogP contribution in [0.25, 0.3) is 0 Å². The monoisotopic (exact) mass is 422 g/mol. The molecule has 2 aromatic rings. The van der Waals surface area contributed by atoms with E-state index in [4.69, 9.17) is 10.00 Å². The number of nitriles is 1. The van der Waals surface area contributed by atoms with Crippen molar-refractivity contribution in [2.45, 2.75) is 44.2 Å². The first-order valence-corrected chi connectivity index (χ1v) is 10.5. The van der Waals surface area contributed by atoms with E-state index >= 15 is 0 Å². The van der Waals surface area contributed by atoms with Crippen molar-refractivity contribution >= 4 is 5.91 Å². The molecule has 3 atom stereocenters. The maximum atomic E-state index is 13.8. The first-order valence-electron chi connectivity index (χ1n) is 10.5. The second-order valence-electron chi connectivity index (χ2n) is 9.68. The number of nitrogens with zero attached hydrogens (tertiary/aromatic N) is 4. The third kappa shape index (κ3) is 2.83. The lowest BCUT2D eigenvalue weighted by Gasteiger charge is -2.69. The van der Waals surface area contributed by atoms with Crippen LogP contribution in [-0.4, -0.2) is 33.4 Å². The summed E-state index contributed by atoms with van der Waals surface area (Å²) in [6.45, 7) is 0.465. The van der Waals surface area contributed by atoms with Gasteiger partial charge in [-0.2, -0.15) is 5.26 Å². The number of benzene rings is 1. The number of ether oxygens (including phenoxy) is 1. The van der Waals surface area contributed by atoms with E-state index in [-0.39, 0.29) is 34.5 Å². The largest absolute Gasteiger partial charge is 0.476 e. The highest BCUT2D eigenvalue weighted by atomic mass is 19.1. The number of carbonyl (C=O) groups excluding carboxylic acids is 1. The molecular weight excluding hydrogens is 402 g/mol. The summed E-state index contributed by atoms with van der Waals surface area (Å²) in [6.07, 6.45) is 6.87. The standard InChI is InChI=1S/C23H20F2N4O2/c24-15-1-13(2-16(25)5-15)18-3-14-4-19(14)29(18)21(30)23-9-22(10-23,11-23)12-31-20-8-27-17(6-26)7-28-20/h1-2,5,7-8,14,18-19H,3-4,9-12H2/t14-,18-,19+,22?,23?/m0/s1. The van der Waals surface area contributed by atoms with Crippen molar-refractivity contribution in [2.75, 3.05) is 6.61 Å². The lowest BCUT2D eigenvalue weighted by molar-refractivity contribution is -0.227. The third-order valence-corrected chi connectivity index (χ3v) is 7.47. The van der Waals surface area contributed by atoms with Crippen LogP contribution < -0.4 is 4.74 Å². The average Bonchev–Trinajstić information content (AvgIpc) is 3.35. The fourth-order valence-corrected chi connectivity index (χ4v) is 6.14. The first kappa shape index (κ1) is 18.7. The van der Waals surface area contributed by atoms with Gasteiger partial charge in [-0.05, 0) is 55.7 Å². The van der Waals surface area contributed by atoms with E-state index in [2.05, 4.69) is 9.97 Å². The summed E-state index contributed by atoms with van der Waals surface area (Å²) in [5.41, 5.74) is 0.414. The molecule has 5 aliphatic rings. The Hall–Kier alpha value is -3.08. The third-order valence-electron chi connectivity index (χ3n) is 7.47. The van der Waals surface area contributed by atoms with Crippen molar-refractivity contribution in [1.82, 2.24) is 14.9 Å². The topological polar surface area (TPSA) is 79.1 Å². The van der Waals surface area contributed by atoms with Gasteiger partial charge in [-0.1, -0.05) is 0 Å². The molecule has 0 N–H and O–H groups in total. The summed E-state index contributed by atoms with van der Waals surface area (Å²) in [4.78, 5) is 23.5. The van der Waals surface area contributed by atoms with Gasteiger partial charge in [0, 0.05) is 17.5 Å². The molecule has 5 fully saturated rings. The number of amides is 1. The van der Waals surface area contributed by atoms with Crippen LogP contribution >= 0.6 is 0 Å². The number of halogens is 2. The summed E-state index contributed by atoms with van der Waals surface area (Å²) in [7, 11) is 0. The molecule has 4 aliphatic carbocycles. The molecular formula is C23H20F2N4O2. The van der Waals surface area contributed by atoms with Gasteiger partial charge < -0.3 is 9.64 Å². The molecule has 2 bridgehead atoms. The highest BCUT2D eigenvalue weighted by Gasteiger charge is 2.74. The Kier molecular flexibility index (Phi) is 3.75. The van der Waals surface area contributed by atoms with Gasteiger partial charge in [0.1, 0.15) is 17.7 Å². The van der Waals surface area contributed by atoms with Crippen LogP contribution in [0.3, 0.4) is 0 Å². The number of fused-ring (bicyclic) bond motifs is 1. The number of hydrogen-bond donors (Lipinski definition) is 0. The molecule has 6 nitrogen and oxygen atoms in total. The van der Waals surface area contributed by atoms with Gasteiger partial charge in [-0.25, -0.2) is 18.7 Å². The van der Waals surface area contributed by atoms with Crippen molar-refractivity contribution in [1.29, 1.82) is 5.26 Å². The fourth-order valence-electron chi connectivity index (χ4n) is 6.14. The molecule has 158 valence electrons. The Balaban J connectivity index is 1.13. The maximum Gasteiger partial charge on any atom is 0.232 e. The van der Waals surface area contributed by atoms with Crippen molar-refractivity contribution < 1.29 is 18.3 Å². The highest BCUT2D eigenvalue weighted by molar-refractivity contribution is 5.88. The molecule has 2 heterocycles. The smallest absolute Gasteiger partial charge is 0.232 e. The van der Waals surface area contributed by atoms with E-state index < -0.39 is 11.6 Å². The molecule has 4 saturated carbocycles. The number of aromatic nitrogens is 2. The van der Waals surface area contributed by atoms with Crippen LogP contribution in [0.5, 0.6) is 5.88 Å². The van der Waals surface area contributed by atoms with Crippen molar-refractivity contribution in [3.05, 3.63) is 53.5 Å². The number of piperidine rings is 1.